The van der Waals surface area contributed by atoms with Crippen molar-refractivity contribution in [1.29, 1.82) is 0 Å². The Morgan fingerprint density at radius 3 is 2.48 bits per heavy atom. The average Bonchev–Trinajstić information content (AvgIpc) is 2.47. The third kappa shape index (κ3) is 5.07. The van der Waals surface area contributed by atoms with Gasteiger partial charge in [0.2, 0.25) is 0 Å². The van der Waals surface area contributed by atoms with Crippen LogP contribution in [0.25, 0.3) is 0 Å². The summed E-state index contributed by atoms with van der Waals surface area (Å²) in [6.07, 6.45) is 3.71. The van der Waals surface area contributed by atoms with Crippen LogP contribution in [0.15, 0.2) is 18.2 Å². The monoisotopic (exact) mass is 294 g/mol. The van der Waals surface area contributed by atoms with Crippen molar-refractivity contribution in [3.05, 3.63) is 29.3 Å². The fourth-order valence-corrected chi connectivity index (χ4v) is 2.36. The quantitative estimate of drug-likeness (QED) is 0.729. The minimum Gasteiger partial charge on any atom is -0.473 e. The summed E-state index contributed by atoms with van der Waals surface area (Å²) in [6, 6.07) is 6.68. The van der Waals surface area contributed by atoms with Crippen LogP contribution in [0.4, 0.5) is 5.69 Å². The fraction of sp³-hybridized carbons (Fsp3) is 0.467. The molecule has 0 unspecified atom stereocenters. The van der Waals surface area contributed by atoms with E-state index >= 15 is 0 Å². The van der Waals surface area contributed by atoms with Gasteiger partial charge in [0.05, 0.1) is 0 Å². The molecule has 0 saturated carbocycles. The molecule has 0 radical (unpaired) electrons. The van der Waals surface area contributed by atoms with Crippen LogP contribution in [-0.2, 0) is 22.6 Å². The molecule has 1 aliphatic heterocycles. The number of hydrogen-bond acceptors (Lipinski definition) is 4. The van der Waals surface area contributed by atoms with Crippen molar-refractivity contribution < 1.29 is 19.8 Å². The van der Waals surface area contributed by atoms with Gasteiger partial charge in [0.1, 0.15) is 0 Å². The Hall–Kier alpha value is -2.08. The molecule has 6 heteroatoms. The highest BCUT2D eigenvalue weighted by Crippen LogP contribution is 2.27. The maximum absolute atomic E-state index is 9.10. The van der Waals surface area contributed by atoms with Crippen molar-refractivity contribution in [3.63, 3.8) is 0 Å². The zero-order valence-electron chi connectivity index (χ0n) is 12.2. The number of carboxylic acid groups (broad SMARTS) is 2. The van der Waals surface area contributed by atoms with Crippen molar-refractivity contribution in [3.8, 4) is 0 Å². The normalized spacial score (nSPS) is 13.0. The third-order valence-corrected chi connectivity index (χ3v) is 3.27. The molecule has 0 aromatic heterocycles. The highest BCUT2D eigenvalue weighted by atomic mass is 16.4. The maximum atomic E-state index is 9.10. The number of anilines is 1. The van der Waals surface area contributed by atoms with Crippen molar-refractivity contribution in [1.82, 2.24) is 0 Å². The first-order valence-corrected chi connectivity index (χ1v) is 7.02. The van der Waals surface area contributed by atoms with E-state index in [-0.39, 0.29) is 0 Å². The van der Waals surface area contributed by atoms with Crippen LogP contribution < -0.4 is 10.6 Å². The summed E-state index contributed by atoms with van der Waals surface area (Å²) in [5.41, 5.74) is 9.83. The standard InChI is InChI=1S/C13H20N2.C2H2O4/c1-2-7-15-8-3-4-12-9-11(10-14)5-6-13(12)15;3-1(4)2(5)6/h5-6,9H,2-4,7-8,10,14H2,1H3;(H,3,4)(H,5,6). The van der Waals surface area contributed by atoms with E-state index in [0.29, 0.717) is 6.54 Å². The van der Waals surface area contributed by atoms with Crippen LogP contribution in [0.1, 0.15) is 30.9 Å². The van der Waals surface area contributed by atoms with Gasteiger partial charge in [0.15, 0.2) is 0 Å². The van der Waals surface area contributed by atoms with Gasteiger partial charge in [-0.2, -0.15) is 0 Å². The first-order valence-electron chi connectivity index (χ1n) is 7.02. The number of nitrogens with two attached hydrogens (primary N) is 1. The van der Waals surface area contributed by atoms with Crippen molar-refractivity contribution >= 4 is 17.6 Å². The number of carbonyl (C=O) groups is 2. The largest absolute Gasteiger partial charge is 0.473 e. The predicted molar refractivity (Wildman–Crippen MR) is 80.4 cm³/mol. The lowest BCUT2D eigenvalue weighted by Crippen LogP contribution is -2.30. The molecule has 116 valence electrons. The van der Waals surface area contributed by atoms with Crippen molar-refractivity contribution in [2.24, 2.45) is 5.73 Å². The first kappa shape index (κ1) is 17.0. The van der Waals surface area contributed by atoms with E-state index in [1.54, 1.807) is 0 Å². The van der Waals surface area contributed by atoms with Gasteiger partial charge in [-0.05, 0) is 36.5 Å². The van der Waals surface area contributed by atoms with Gasteiger partial charge in [0, 0.05) is 25.3 Å². The highest BCUT2D eigenvalue weighted by molar-refractivity contribution is 6.27. The molecule has 21 heavy (non-hydrogen) atoms. The highest BCUT2D eigenvalue weighted by Gasteiger charge is 2.15. The second kappa shape index (κ2) is 8.26. The summed E-state index contributed by atoms with van der Waals surface area (Å²) in [6.45, 7) is 5.28. The Morgan fingerprint density at radius 1 is 1.29 bits per heavy atom. The Morgan fingerprint density at radius 2 is 1.95 bits per heavy atom. The third-order valence-electron chi connectivity index (χ3n) is 3.27. The first-order chi connectivity index (χ1) is 9.99. The molecule has 6 nitrogen and oxygen atoms in total. The number of nitrogens with zero attached hydrogens (tertiary/aromatic N) is 1. The predicted octanol–water partition coefficient (Wildman–Crippen LogP) is 1.46. The van der Waals surface area contributed by atoms with E-state index in [9.17, 15) is 0 Å². The van der Waals surface area contributed by atoms with E-state index < -0.39 is 11.9 Å². The molecule has 0 bridgehead atoms. The Bertz CT molecular complexity index is 490. The number of benzene rings is 1. The Balaban J connectivity index is 0.000000315. The maximum Gasteiger partial charge on any atom is 0.414 e. The average molecular weight is 294 g/mol. The molecule has 0 saturated heterocycles. The smallest absolute Gasteiger partial charge is 0.414 e. The zero-order valence-corrected chi connectivity index (χ0v) is 12.2. The second-order valence-electron chi connectivity index (χ2n) is 4.87. The molecule has 0 amide bonds. The lowest BCUT2D eigenvalue weighted by Gasteiger charge is -2.31. The summed E-state index contributed by atoms with van der Waals surface area (Å²) in [5, 5.41) is 14.8. The van der Waals surface area contributed by atoms with Gasteiger partial charge in [-0.3, -0.25) is 0 Å². The van der Waals surface area contributed by atoms with E-state index in [1.165, 1.54) is 49.2 Å². The van der Waals surface area contributed by atoms with E-state index in [1.807, 2.05) is 0 Å². The topological polar surface area (TPSA) is 104 Å². The minimum atomic E-state index is -1.82. The van der Waals surface area contributed by atoms with Crippen LogP contribution in [0, 0.1) is 0 Å². The summed E-state index contributed by atoms with van der Waals surface area (Å²) < 4.78 is 0. The lowest BCUT2D eigenvalue weighted by molar-refractivity contribution is -0.159. The number of aryl methyl sites for hydroxylation is 1. The van der Waals surface area contributed by atoms with Gasteiger partial charge in [-0.25, -0.2) is 9.59 Å². The van der Waals surface area contributed by atoms with Crippen LogP contribution in [-0.4, -0.2) is 35.2 Å². The fourth-order valence-electron chi connectivity index (χ4n) is 2.36. The van der Waals surface area contributed by atoms with Crippen LogP contribution >= 0.6 is 0 Å². The molecule has 1 heterocycles. The van der Waals surface area contributed by atoms with E-state index in [0.717, 1.165) is 0 Å². The number of fused-ring (bicyclic) bond motifs is 1. The van der Waals surface area contributed by atoms with Gasteiger partial charge in [-0.15, -0.1) is 0 Å². The summed E-state index contributed by atoms with van der Waals surface area (Å²) in [4.78, 5) is 20.7. The molecular weight excluding hydrogens is 272 g/mol. The molecule has 1 aromatic rings. The zero-order chi connectivity index (χ0) is 15.8. The van der Waals surface area contributed by atoms with Gasteiger partial charge in [-0.1, -0.05) is 19.1 Å². The van der Waals surface area contributed by atoms with Crippen LogP contribution in [0.3, 0.4) is 0 Å². The Kier molecular flexibility index (Phi) is 6.68. The lowest BCUT2D eigenvalue weighted by atomic mass is 9.99. The van der Waals surface area contributed by atoms with Crippen LogP contribution in [0.5, 0.6) is 0 Å². The summed E-state index contributed by atoms with van der Waals surface area (Å²) in [5.74, 6) is -3.65. The SMILES string of the molecule is CCCN1CCCc2cc(CN)ccc21.O=C(O)C(=O)O. The van der Waals surface area contributed by atoms with E-state index in [4.69, 9.17) is 25.5 Å². The minimum absolute atomic E-state index is 0.654. The summed E-state index contributed by atoms with van der Waals surface area (Å²) in [7, 11) is 0. The molecule has 0 aliphatic carbocycles. The number of carboxylic acids is 2. The van der Waals surface area contributed by atoms with Gasteiger partial charge >= 0.3 is 11.9 Å². The van der Waals surface area contributed by atoms with Crippen LogP contribution in [0.2, 0.25) is 0 Å². The number of rotatable bonds is 3. The van der Waals surface area contributed by atoms with Crippen molar-refractivity contribution in [2.75, 3.05) is 18.0 Å². The Labute approximate surface area is 124 Å². The molecule has 1 aliphatic rings. The van der Waals surface area contributed by atoms with Gasteiger partial charge in [0.25, 0.3) is 0 Å². The molecule has 2 rings (SSSR count). The van der Waals surface area contributed by atoms with Gasteiger partial charge < -0.3 is 20.8 Å². The summed E-state index contributed by atoms with van der Waals surface area (Å²) >= 11 is 0. The van der Waals surface area contributed by atoms with Crippen molar-refractivity contribution in [2.45, 2.75) is 32.7 Å². The number of hydrogen-bond donors (Lipinski definition) is 3. The number of aliphatic carboxylic acids is 2. The second-order valence-corrected chi connectivity index (χ2v) is 4.87. The molecule has 0 fully saturated rings. The molecular formula is C15H22N2O4. The molecule has 1 aromatic carbocycles. The van der Waals surface area contributed by atoms with E-state index in [2.05, 4.69) is 30.0 Å². The molecule has 4 N–H and O–H groups in total. The molecule has 0 atom stereocenters. The molecule has 0 spiro atoms.